The molecule has 9 nitrogen and oxygen atoms in total. The number of anilines is 1. The van der Waals surface area contributed by atoms with Crippen LogP contribution in [0.25, 0.3) is 28.1 Å². The lowest BCUT2D eigenvalue weighted by atomic mass is 10.2. The Balaban J connectivity index is 1.74. The van der Waals surface area contributed by atoms with Crippen LogP contribution in [0.1, 0.15) is 5.56 Å². The Labute approximate surface area is 163 Å². The summed E-state index contributed by atoms with van der Waals surface area (Å²) in [5, 5.41) is 0. The third kappa shape index (κ3) is 2.71. The number of H-pyrrole nitrogens is 1. The van der Waals surface area contributed by atoms with Crippen molar-refractivity contribution in [3.8, 4) is 28.6 Å². The number of benzene rings is 2. The third-order valence-corrected chi connectivity index (χ3v) is 4.72. The molecule has 5 rings (SSSR count). The zero-order chi connectivity index (χ0) is 20.1. The summed E-state index contributed by atoms with van der Waals surface area (Å²) < 4.78 is 11.9. The van der Waals surface area contributed by atoms with Gasteiger partial charge in [-0.25, -0.2) is 14.3 Å². The van der Waals surface area contributed by atoms with E-state index in [1.54, 1.807) is 30.3 Å². The first-order valence-electron chi connectivity index (χ1n) is 8.81. The lowest BCUT2D eigenvalue weighted by molar-refractivity contribution is 0.174. The Kier molecular flexibility index (Phi) is 3.63. The molecule has 0 saturated carbocycles. The second-order valence-electron chi connectivity index (χ2n) is 6.63. The molecule has 0 fully saturated rings. The molecule has 29 heavy (non-hydrogen) atoms. The van der Waals surface area contributed by atoms with Gasteiger partial charge in [0.2, 0.25) is 6.79 Å². The van der Waals surface area contributed by atoms with Gasteiger partial charge >= 0.3 is 5.69 Å². The first-order chi connectivity index (χ1) is 14.0. The number of nitrogens with one attached hydrogen (secondary N) is 1. The predicted octanol–water partition coefficient (Wildman–Crippen LogP) is 1.76. The van der Waals surface area contributed by atoms with E-state index in [0.717, 1.165) is 5.56 Å². The van der Waals surface area contributed by atoms with Crippen molar-refractivity contribution in [2.45, 2.75) is 6.92 Å². The lowest BCUT2D eigenvalue weighted by Crippen LogP contribution is -2.27. The average Bonchev–Trinajstić information content (AvgIpc) is 3.18. The van der Waals surface area contributed by atoms with Crippen LogP contribution in [0, 0.1) is 6.92 Å². The van der Waals surface area contributed by atoms with E-state index in [-0.39, 0.29) is 29.5 Å². The molecule has 0 spiro atoms. The number of rotatable bonds is 2. The summed E-state index contributed by atoms with van der Waals surface area (Å²) in [5.74, 6) is 1.49. The van der Waals surface area contributed by atoms with E-state index in [1.165, 1.54) is 4.57 Å². The lowest BCUT2D eigenvalue weighted by Gasteiger charge is -2.11. The van der Waals surface area contributed by atoms with E-state index >= 15 is 0 Å². The number of nitrogen functional groups attached to an aromatic ring is 1. The summed E-state index contributed by atoms with van der Waals surface area (Å²) in [6, 6.07) is 12.4. The molecular formula is C20H15N5O4. The normalized spacial score (nSPS) is 12.4. The summed E-state index contributed by atoms with van der Waals surface area (Å²) in [5.41, 5.74) is 7.27. The SMILES string of the molecule is Cc1ccc(-n2c(N)c3nc(-c4ccc5c(c4)OCO5)[nH]c(=O)c3nc2=O)cc1. The molecule has 0 aliphatic carbocycles. The standard InChI is InChI=1S/C20H15N5O4/c1-10-2-5-12(6-3-10)25-17(21)15-16(23-20(25)27)19(26)24-18(22-15)11-4-7-13-14(8-11)29-9-28-13/h2-8H,9,21H2,1H3,(H,22,24,26). The van der Waals surface area contributed by atoms with E-state index in [9.17, 15) is 9.59 Å². The Morgan fingerprint density at radius 3 is 2.55 bits per heavy atom. The fraction of sp³-hybridized carbons (Fsp3) is 0.100. The van der Waals surface area contributed by atoms with Gasteiger partial charge in [0.1, 0.15) is 17.2 Å². The maximum Gasteiger partial charge on any atom is 0.354 e. The highest BCUT2D eigenvalue weighted by atomic mass is 16.7. The number of hydrogen-bond donors (Lipinski definition) is 2. The fourth-order valence-corrected chi connectivity index (χ4v) is 3.23. The van der Waals surface area contributed by atoms with Gasteiger partial charge in [0, 0.05) is 5.56 Å². The number of aromatic amines is 1. The summed E-state index contributed by atoms with van der Waals surface area (Å²) in [6.07, 6.45) is 0. The molecule has 0 bridgehead atoms. The summed E-state index contributed by atoms with van der Waals surface area (Å²) in [4.78, 5) is 36.2. The van der Waals surface area contributed by atoms with Crippen LogP contribution in [0.3, 0.4) is 0 Å². The second kappa shape index (κ2) is 6.20. The van der Waals surface area contributed by atoms with Crippen molar-refractivity contribution < 1.29 is 9.47 Å². The molecule has 0 atom stereocenters. The monoisotopic (exact) mass is 389 g/mol. The highest BCUT2D eigenvalue weighted by Gasteiger charge is 2.18. The van der Waals surface area contributed by atoms with E-state index < -0.39 is 11.2 Å². The highest BCUT2D eigenvalue weighted by Crippen LogP contribution is 2.35. The number of hydrogen-bond acceptors (Lipinski definition) is 7. The minimum Gasteiger partial charge on any atom is -0.454 e. The van der Waals surface area contributed by atoms with Crippen LogP contribution in [0.4, 0.5) is 5.82 Å². The molecule has 1 aliphatic heterocycles. The predicted molar refractivity (Wildman–Crippen MR) is 106 cm³/mol. The summed E-state index contributed by atoms with van der Waals surface area (Å²) in [7, 11) is 0. The number of nitrogens with zero attached hydrogens (tertiary/aromatic N) is 3. The van der Waals surface area contributed by atoms with Crippen LogP contribution in [-0.2, 0) is 0 Å². The van der Waals surface area contributed by atoms with Gasteiger partial charge in [0.05, 0.1) is 5.69 Å². The molecule has 0 saturated heterocycles. The Morgan fingerprint density at radius 2 is 1.76 bits per heavy atom. The van der Waals surface area contributed by atoms with Crippen molar-refractivity contribution in [1.82, 2.24) is 19.5 Å². The molecule has 0 unspecified atom stereocenters. The first-order valence-corrected chi connectivity index (χ1v) is 8.81. The quantitative estimate of drug-likeness (QED) is 0.535. The minimum absolute atomic E-state index is 0.0388. The van der Waals surface area contributed by atoms with Crippen LogP contribution >= 0.6 is 0 Å². The summed E-state index contributed by atoms with van der Waals surface area (Å²) in [6.45, 7) is 2.08. The minimum atomic E-state index is -0.651. The number of nitrogens with two attached hydrogens (primary N) is 1. The zero-order valence-corrected chi connectivity index (χ0v) is 15.3. The molecule has 1 aliphatic rings. The third-order valence-electron chi connectivity index (χ3n) is 4.72. The second-order valence-corrected chi connectivity index (χ2v) is 6.63. The maximum atomic E-state index is 12.6. The molecule has 3 N–H and O–H groups in total. The van der Waals surface area contributed by atoms with E-state index in [2.05, 4.69) is 15.0 Å². The molecule has 144 valence electrons. The number of aromatic nitrogens is 4. The van der Waals surface area contributed by atoms with Crippen LogP contribution < -0.4 is 26.5 Å². The molecule has 2 aromatic carbocycles. The fourth-order valence-electron chi connectivity index (χ4n) is 3.23. The summed E-state index contributed by atoms with van der Waals surface area (Å²) >= 11 is 0. The van der Waals surface area contributed by atoms with Crippen molar-refractivity contribution in [3.63, 3.8) is 0 Å². The van der Waals surface area contributed by atoms with Gasteiger partial charge < -0.3 is 20.2 Å². The number of fused-ring (bicyclic) bond motifs is 2. The highest BCUT2D eigenvalue weighted by molar-refractivity contribution is 5.85. The van der Waals surface area contributed by atoms with Gasteiger partial charge in [-0.3, -0.25) is 4.79 Å². The van der Waals surface area contributed by atoms with Crippen molar-refractivity contribution >= 4 is 16.9 Å². The average molecular weight is 389 g/mol. The van der Waals surface area contributed by atoms with Gasteiger partial charge in [-0.15, -0.1) is 0 Å². The maximum absolute atomic E-state index is 12.6. The zero-order valence-electron chi connectivity index (χ0n) is 15.3. The van der Waals surface area contributed by atoms with Crippen LogP contribution in [0.2, 0.25) is 0 Å². The van der Waals surface area contributed by atoms with Gasteiger partial charge in [-0.05, 0) is 37.3 Å². The molecule has 3 heterocycles. The Morgan fingerprint density at radius 1 is 1.00 bits per heavy atom. The molecule has 0 radical (unpaired) electrons. The van der Waals surface area contributed by atoms with Crippen molar-refractivity contribution in [1.29, 1.82) is 0 Å². The van der Waals surface area contributed by atoms with Gasteiger partial charge in [-0.2, -0.15) is 4.98 Å². The number of ether oxygens (including phenoxy) is 2. The molecular weight excluding hydrogens is 374 g/mol. The largest absolute Gasteiger partial charge is 0.454 e. The van der Waals surface area contributed by atoms with Gasteiger partial charge in [-0.1, -0.05) is 17.7 Å². The smallest absolute Gasteiger partial charge is 0.354 e. The van der Waals surface area contributed by atoms with Crippen molar-refractivity contribution in [2.75, 3.05) is 12.5 Å². The topological polar surface area (TPSA) is 125 Å². The van der Waals surface area contributed by atoms with E-state index in [0.29, 0.717) is 22.7 Å². The van der Waals surface area contributed by atoms with Gasteiger partial charge in [0.25, 0.3) is 5.56 Å². The van der Waals surface area contributed by atoms with Crippen molar-refractivity contribution in [3.05, 3.63) is 68.9 Å². The molecule has 9 heteroatoms. The van der Waals surface area contributed by atoms with Gasteiger partial charge in [0.15, 0.2) is 17.0 Å². The van der Waals surface area contributed by atoms with E-state index in [1.807, 2.05) is 19.1 Å². The Hall–Kier alpha value is -4.14. The first kappa shape index (κ1) is 17.0. The van der Waals surface area contributed by atoms with E-state index in [4.69, 9.17) is 15.2 Å². The van der Waals surface area contributed by atoms with Crippen LogP contribution in [0.15, 0.2) is 52.1 Å². The van der Waals surface area contributed by atoms with Crippen LogP contribution in [0.5, 0.6) is 11.5 Å². The van der Waals surface area contributed by atoms with Crippen LogP contribution in [-0.4, -0.2) is 26.3 Å². The molecule has 2 aromatic heterocycles. The molecule has 4 aromatic rings. The number of aryl methyl sites for hydroxylation is 1. The Bertz CT molecular complexity index is 1390. The van der Waals surface area contributed by atoms with Crippen molar-refractivity contribution in [2.24, 2.45) is 0 Å². The molecule has 0 amide bonds.